The average molecular weight is 337 g/mol. The first-order valence-corrected chi connectivity index (χ1v) is 7.14. The summed E-state index contributed by atoms with van der Waals surface area (Å²) in [6.45, 7) is 0.475. The Morgan fingerprint density at radius 2 is 2.32 bits per heavy atom. The molecule has 0 unspecified atom stereocenters. The summed E-state index contributed by atoms with van der Waals surface area (Å²) in [5, 5.41) is 2.86. The van der Waals surface area contributed by atoms with Gasteiger partial charge in [-0.25, -0.2) is 9.97 Å². The molecular weight excluding hydrogens is 328 g/mol. The molecule has 0 atom stereocenters. The van der Waals surface area contributed by atoms with E-state index in [2.05, 4.69) is 31.2 Å². The van der Waals surface area contributed by atoms with Gasteiger partial charge in [0.2, 0.25) is 0 Å². The first-order valence-electron chi connectivity index (χ1n) is 5.53. The Balaban J connectivity index is 1.70. The van der Waals surface area contributed by atoms with Crippen molar-refractivity contribution in [2.24, 2.45) is 0 Å². The lowest BCUT2D eigenvalue weighted by Gasteiger charge is -2.04. The molecule has 19 heavy (non-hydrogen) atoms. The number of thiazole rings is 1. The van der Waals surface area contributed by atoms with Gasteiger partial charge in [-0.1, -0.05) is 6.07 Å². The third-order valence-corrected chi connectivity index (χ3v) is 4.08. The summed E-state index contributed by atoms with van der Waals surface area (Å²) in [7, 11) is 0. The standard InChI is InChI=1S/C12H9BrN4OS/c13-12-16-6-9(19-12)11(18)15-5-8-1-2-10-14-3-4-17(10)7-8/h1-4,6-7H,5H2,(H,15,18). The van der Waals surface area contributed by atoms with Crippen LogP contribution >= 0.6 is 27.3 Å². The molecule has 0 aromatic carbocycles. The highest BCUT2D eigenvalue weighted by Gasteiger charge is 2.09. The van der Waals surface area contributed by atoms with E-state index in [0.29, 0.717) is 15.3 Å². The molecule has 0 fully saturated rings. The number of rotatable bonds is 3. The summed E-state index contributed by atoms with van der Waals surface area (Å²) in [6.07, 6.45) is 7.13. The molecule has 0 saturated carbocycles. The Kier molecular flexibility index (Phi) is 3.31. The zero-order valence-electron chi connectivity index (χ0n) is 9.71. The maximum absolute atomic E-state index is 11.9. The number of carbonyl (C=O) groups excluding carboxylic acids is 1. The molecular formula is C12H9BrN4OS. The maximum Gasteiger partial charge on any atom is 0.263 e. The van der Waals surface area contributed by atoms with Crippen LogP contribution in [0.1, 0.15) is 15.2 Å². The fourth-order valence-electron chi connectivity index (χ4n) is 1.70. The van der Waals surface area contributed by atoms with E-state index in [1.807, 2.05) is 28.9 Å². The maximum atomic E-state index is 11.9. The molecule has 0 aliphatic heterocycles. The molecule has 3 aromatic heterocycles. The summed E-state index contributed by atoms with van der Waals surface area (Å²) < 4.78 is 2.63. The number of pyridine rings is 1. The van der Waals surface area contributed by atoms with Gasteiger partial charge >= 0.3 is 0 Å². The summed E-state index contributed by atoms with van der Waals surface area (Å²) in [5.41, 5.74) is 1.91. The van der Waals surface area contributed by atoms with Crippen LogP contribution in [0.25, 0.3) is 5.65 Å². The number of nitrogens with zero attached hydrogens (tertiary/aromatic N) is 3. The third kappa shape index (κ3) is 2.66. The number of hydrogen-bond donors (Lipinski definition) is 1. The van der Waals surface area contributed by atoms with Crippen LogP contribution in [0.2, 0.25) is 0 Å². The topological polar surface area (TPSA) is 59.3 Å². The molecule has 3 aromatic rings. The lowest BCUT2D eigenvalue weighted by atomic mass is 10.3. The van der Waals surface area contributed by atoms with E-state index < -0.39 is 0 Å². The predicted molar refractivity (Wildman–Crippen MR) is 76.2 cm³/mol. The molecule has 0 radical (unpaired) electrons. The minimum absolute atomic E-state index is 0.117. The van der Waals surface area contributed by atoms with Gasteiger partial charge in [0, 0.05) is 25.1 Å². The first-order chi connectivity index (χ1) is 9.22. The number of nitrogens with one attached hydrogen (secondary N) is 1. The van der Waals surface area contributed by atoms with Crippen LogP contribution < -0.4 is 5.32 Å². The SMILES string of the molecule is O=C(NCc1ccc2nccn2c1)c1cnc(Br)s1. The van der Waals surface area contributed by atoms with Crippen LogP contribution in [-0.2, 0) is 6.54 Å². The molecule has 5 nitrogen and oxygen atoms in total. The predicted octanol–water partition coefficient (Wildman–Crippen LogP) is 2.48. The Morgan fingerprint density at radius 3 is 3.11 bits per heavy atom. The van der Waals surface area contributed by atoms with Gasteiger partial charge in [-0.2, -0.15) is 0 Å². The second-order valence-electron chi connectivity index (χ2n) is 3.89. The molecule has 1 amide bonds. The van der Waals surface area contributed by atoms with E-state index in [9.17, 15) is 4.79 Å². The van der Waals surface area contributed by atoms with Crippen molar-refractivity contribution in [1.29, 1.82) is 0 Å². The highest BCUT2D eigenvalue weighted by atomic mass is 79.9. The van der Waals surface area contributed by atoms with Crippen molar-refractivity contribution < 1.29 is 4.79 Å². The largest absolute Gasteiger partial charge is 0.347 e. The third-order valence-electron chi connectivity index (χ3n) is 2.60. The van der Waals surface area contributed by atoms with Gasteiger partial charge < -0.3 is 9.72 Å². The van der Waals surface area contributed by atoms with E-state index in [0.717, 1.165) is 11.2 Å². The van der Waals surface area contributed by atoms with Crippen LogP contribution in [0.3, 0.4) is 0 Å². The van der Waals surface area contributed by atoms with Crippen LogP contribution in [-0.4, -0.2) is 20.3 Å². The molecule has 0 aliphatic rings. The monoisotopic (exact) mass is 336 g/mol. The number of amides is 1. The second kappa shape index (κ2) is 5.10. The lowest BCUT2D eigenvalue weighted by molar-refractivity contribution is 0.0954. The van der Waals surface area contributed by atoms with E-state index in [-0.39, 0.29) is 5.91 Å². The van der Waals surface area contributed by atoms with Crippen molar-refractivity contribution in [3.8, 4) is 0 Å². The Bertz CT molecular complexity index is 736. The molecule has 3 rings (SSSR count). The van der Waals surface area contributed by atoms with Crippen molar-refractivity contribution in [3.63, 3.8) is 0 Å². The summed E-state index contributed by atoms with van der Waals surface area (Å²) in [5.74, 6) is -0.117. The first kappa shape index (κ1) is 12.3. The number of hydrogen-bond acceptors (Lipinski definition) is 4. The van der Waals surface area contributed by atoms with Crippen LogP contribution in [0.5, 0.6) is 0 Å². The van der Waals surface area contributed by atoms with Crippen molar-refractivity contribution in [3.05, 3.63) is 51.3 Å². The Morgan fingerprint density at radius 1 is 1.42 bits per heavy atom. The number of halogens is 1. The Labute approximate surface area is 121 Å². The zero-order valence-corrected chi connectivity index (χ0v) is 12.1. The van der Waals surface area contributed by atoms with Crippen LogP contribution in [0.15, 0.2) is 40.8 Å². The highest BCUT2D eigenvalue weighted by molar-refractivity contribution is 9.11. The van der Waals surface area contributed by atoms with Gasteiger partial charge in [0.15, 0.2) is 3.92 Å². The summed E-state index contributed by atoms with van der Waals surface area (Å²) in [6, 6.07) is 3.87. The van der Waals surface area contributed by atoms with Gasteiger partial charge in [0.1, 0.15) is 10.5 Å². The molecule has 0 saturated heterocycles. The fourth-order valence-corrected chi connectivity index (χ4v) is 2.88. The van der Waals surface area contributed by atoms with Gasteiger partial charge in [-0.05, 0) is 27.6 Å². The van der Waals surface area contributed by atoms with Crippen molar-refractivity contribution >= 4 is 38.8 Å². The molecule has 3 heterocycles. The van der Waals surface area contributed by atoms with E-state index >= 15 is 0 Å². The van der Waals surface area contributed by atoms with Crippen LogP contribution in [0.4, 0.5) is 0 Å². The molecule has 7 heteroatoms. The minimum Gasteiger partial charge on any atom is -0.347 e. The van der Waals surface area contributed by atoms with Crippen molar-refractivity contribution in [1.82, 2.24) is 19.7 Å². The number of carbonyl (C=O) groups is 1. The Hall–Kier alpha value is -1.73. The molecule has 1 N–H and O–H groups in total. The summed E-state index contributed by atoms with van der Waals surface area (Å²) in [4.78, 5) is 20.6. The second-order valence-corrected chi connectivity index (χ2v) is 6.20. The van der Waals surface area contributed by atoms with Gasteiger partial charge in [0.25, 0.3) is 5.91 Å². The quantitative estimate of drug-likeness (QED) is 0.799. The smallest absolute Gasteiger partial charge is 0.263 e. The molecule has 96 valence electrons. The normalized spacial score (nSPS) is 10.8. The summed E-state index contributed by atoms with van der Waals surface area (Å²) >= 11 is 4.55. The van der Waals surface area contributed by atoms with Gasteiger partial charge in [0.05, 0.1) is 6.20 Å². The van der Waals surface area contributed by atoms with Crippen LogP contribution in [0, 0.1) is 0 Å². The van der Waals surface area contributed by atoms with Crippen molar-refractivity contribution in [2.75, 3.05) is 0 Å². The minimum atomic E-state index is -0.117. The van der Waals surface area contributed by atoms with Crippen molar-refractivity contribution in [2.45, 2.75) is 6.54 Å². The van der Waals surface area contributed by atoms with Gasteiger partial charge in [-0.3, -0.25) is 4.79 Å². The van der Waals surface area contributed by atoms with E-state index in [1.165, 1.54) is 11.3 Å². The molecule has 0 bridgehead atoms. The molecule has 0 spiro atoms. The van der Waals surface area contributed by atoms with E-state index in [1.54, 1.807) is 12.4 Å². The fraction of sp³-hybridized carbons (Fsp3) is 0.0833. The van der Waals surface area contributed by atoms with E-state index in [4.69, 9.17) is 0 Å². The average Bonchev–Trinajstić information content (AvgIpc) is 3.03. The van der Waals surface area contributed by atoms with Gasteiger partial charge in [-0.15, -0.1) is 11.3 Å². The lowest BCUT2D eigenvalue weighted by Crippen LogP contribution is -2.21. The molecule has 0 aliphatic carbocycles. The number of fused-ring (bicyclic) bond motifs is 1. The number of aromatic nitrogens is 3. The highest BCUT2D eigenvalue weighted by Crippen LogP contribution is 2.18. The zero-order chi connectivity index (χ0) is 13.2. The number of imidazole rings is 1.